The number of benzene rings is 2. The lowest BCUT2D eigenvalue weighted by Gasteiger charge is -1.96. The largest absolute Gasteiger partial charge is 0.345 e. The first-order valence-electron chi connectivity index (χ1n) is 6.72. The van der Waals surface area contributed by atoms with Crippen molar-refractivity contribution in [2.45, 2.75) is 0 Å². The van der Waals surface area contributed by atoms with Crippen molar-refractivity contribution >= 4 is 28.1 Å². The van der Waals surface area contributed by atoms with Gasteiger partial charge in [-0.25, -0.2) is 4.98 Å². The number of aromatic amines is 1. The van der Waals surface area contributed by atoms with Gasteiger partial charge in [-0.3, -0.25) is 10.1 Å². The Labute approximate surface area is 133 Å². The van der Waals surface area contributed by atoms with Crippen molar-refractivity contribution in [2.75, 3.05) is 0 Å². The molecule has 0 amide bonds. The van der Waals surface area contributed by atoms with Gasteiger partial charge in [-0.2, -0.15) is 0 Å². The SMILES string of the molecule is O=[N+]([O-])c1ccc(-c2nnc(-c3ccc4nc[nH]c4c3)s2)cc1. The number of nitro benzene ring substituents is 1. The van der Waals surface area contributed by atoms with Crippen LogP contribution in [0.5, 0.6) is 0 Å². The van der Waals surface area contributed by atoms with Crippen molar-refractivity contribution in [3.63, 3.8) is 0 Å². The number of nitro groups is 1. The first-order valence-corrected chi connectivity index (χ1v) is 7.54. The minimum atomic E-state index is -0.422. The Morgan fingerprint density at radius 2 is 1.70 bits per heavy atom. The average Bonchev–Trinajstić information content (AvgIpc) is 3.23. The topological polar surface area (TPSA) is 97.6 Å². The molecule has 0 aliphatic carbocycles. The summed E-state index contributed by atoms with van der Waals surface area (Å²) in [7, 11) is 0. The summed E-state index contributed by atoms with van der Waals surface area (Å²) in [6, 6.07) is 12.1. The standard InChI is InChI=1S/C15H9N5O2S/c21-20(22)11-4-1-9(2-5-11)14-18-19-15(23-14)10-3-6-12-13(7-10)17-8-16-12/h1-8H,(H,16,17). The third-order valence-corrected chi connectivity index (χ3v) is 4.44. The predicted molar refractivity (Wildman–Crippen MR) is 87.1 cm³/mol. The second-order valence-electron chi connectivity index (χ2n) is 4.85. The molecule has 0 spiro atoms. The zero-order valence-electron chi connectivity index (χ0n) is 11.6. The molecule has 0 radical (unpaired) electrons. The normalized spacial score (nSPS) is 11.0. The molecule has 0 fully saturated rings. The number of rotatable bonds is 3. The van der Waals surface area contributed by atoms with Crippen LogP contribution in [0, 0.1) is 10.1 Å². The van der Waals surface area contributed by atoms with E-state index in [-0.39, 0.29) is 5.69 Å². The number of nitrogens with one attached hydrogen (secondary N) is 1. The lowest BCUT2D eigenvalue weighted by Crippen LogP contribution is -1.86. The van der Waals surface area contributed by atoms with Crippen LogP contribution in [0.1, 0.15) is 0 Å². The molecule has 1 N–H and O–H groups in total. The van der Waals surface area contributed by atoms with E-state index in [2.05, 4.69) is 20.2 Å². The molecule has 0 saturated heterocycles. The van der Waals surface area contributed by atoms with E-state index >= 15 is 0 Å². The minimum Gasteiger partial charge on any atom is -0.345 e. The molecule has 23 heavy (non-hydrogen) atoms. The summed E-state index contributed by atoms with van der Waals surface area (Å²) >= 11 is 1.44. The highest BCUT2D eigenvalue weighted by Crippen LogP contribution is 2.31. The molecule has 2 aromatic heterocycles. The summed E-state index contributed by atoms with van der Waals surface area (Å²) in [5, 5.41) is 20.6. The number of hydrogen-bond acceptors (Lipinski definition) is 6. The highest BCUT2D eigenvalue weighted by Gasteiger charge is 2.11. The lowest BCUT2D eigenvalue weighted by molar-refractivity contribution is -0.384. The zero-order chi connectivity index (χ0) is 15.8. The molecular formula is C15H9N5O2S. The number of nitrogens with zero attached hydrogens (tertiary/aromatic N) is 4. The first kappa shape index (κ1) is 13.5. The summed E-state index contributed by atoms with van der Waals surface area (Å²) in [5.74, 6) is 0. The maximum Gasteiger partial charge on any atom is 0.269 e. The maximum absolute atomic E-state index is 10.7. The van der Waals surface area contributed by atoms with Crippen molar-refractivity contribution in [3.8, 4) is 21.1 Å². The summed E-state index contributed by atoms with van der Waals surface area (Å²) in [5.41, 5.74) is 3.65. The molecule has 0 aliphatic heterocycles. The Bertz CT molecular complexity index is 1010. The van der Waals surface area contributed by atoms with Gasteiger partial charge in [0, 0.05) is 23.3 Å². The van der Waals surface area contributed by atoms with Gasteiger partial charge in [-0.15, -0.1) is 10.2 Å². The second kappa shape index (κ2) is 5.25. The fraction of sp³-hybridized carbons (Fsp3) is 0. The molecule has 7 nitrogen and oxygen atoms in total. The van der Waals surface area contributed by atoms with Crippen LogP contribution >= 0.6 is 11.3 Å². The highest BCUT2D eigenvalue weighted by atomic mass is 32.1. The third kappa shape index (κ3) is 2.44. The van der Waals surface area contributed by atoms with Gasteiger partial charge in [-0.05, 0) is 30.3 Å². The summed E-state index contributed by atoms with van der Waals surface area (Å²) in [4.78, 5) is 17.5. The molecule has 4 aromatic rings. The Kier molecular flexibility index (Phi) is 3.09. The molecule has 0 aliphatic rings. The van der Waals surface area contributed by atoms with Gasteiger partial charge < -0.3 is 4.98 Å². The van der Waals surface area contributed by atoms with E-state index in [1.54, 1.807) is 18.5 Å². The van der Waals surface area contributed by atoms with Gasteiger partial charge in [0.05, 0.1) is 22.3 Å². The lowest BCUT2D eigenvalue weighted by atomic mass is 10.2. The van der Waals surface area contributed by atoms with Crippen LogP contribution in [-0.4, -0.2) is 25.1 Å². The van der Waals surface area contributed by atoms with Crippen molar-refractivity contribution in [1.29, 1.82) is 0 Å². The van der Waals surface area contributed by atoms with Gasteiger partial charge in [0.15, 0.2) is 0 Å². The van der Waals surface area contributed by atoms with Crippen molar-refractivity contribution in [1.82, 2.24) is 20.2 Å². The van der Waals surface area contributed by atoms with Gasteiger partial charge >= 0.3 is 0 Å². The molecule has 0 saturated carbocycles. The monoisotopic (exact) mass is 323 g/mol. The Balaban J connectivity index is 1.69. The van der Waals surface area contributed by atoms with Gasteiger partial charge in [0.2, 0.25) is 0 Å². The molecule has 0 unspecified atom stereocenters. The predicted octanol–water partition coefficient (Wildman–Crippen LogP) is 3.66. The summed E-state index contributed by atoms with van der Waals surface area (Å²) in [6.07, 6.45) is 1.65. The first-order chi connectivity index (χ1) is 11.2. The molecular weight excluding hydrogens is 314 g/mol. The smallest absolute Gasteiger partial charge is 0.269 e. The Morgan fingerprint density at radius 1 is 1.00 bits per heavy atom. The van der Waals surface area contributed by atoms with E-state index in [0.717, 1.165) is 32.2 Å². The summed E-state index contributed by atoms with van der Waals surface area (Å²) in [6.45, 7) is 0. The number of hydrogen-bond donors (Lipinski definition) is 1. The Hall–Kier alpha value is -3.13. The van der Waals surface area contributed by atoms with E-state index in [1.165, 1.54) is 23.5 Å². The van der Waals surface area contributed by atoms with Crippen LogP contribution in [0.4, 0.5) is 5.69 Å². The van der Waals surface area contributed by atoms with E-state index < -0.39 is 4.92 Å². The average molecular weight is 323 g/mol. The van der Waals surface area contributed by atoms with Crippen LogP contribution in [-0.2, 0) is 0 Å². The van der Waals surface area contributed by atoms with Crippen LogP contribution < -0.4 is 0 Å². The summed E-state index contributed by atoms with van der Waals surface area (Å²) < 4.78 is 0. The number of non-ortho nitro benzene ring substituents is 1. The fourth-order valence-corrected chi connectivity index (χ4v) is 3.10. The van der Waals surface area contributed by atoms with E-state index in [1.807, 2.05) is 18.2 Å². The van der Waals surface area contributed by atoms with E-state index in [9.17, 15) is 10.1 Å². The van der Waals surface area contributed by atoms with E-state index in [4.69, 9.17) is 0 Å². The van der Waals surface area contributed by atoms with Crippen molar-refractivity contribution in [3.05, 3.63) is 58.9 Å². The van der Waals surface area contributed by atoms with Crippen LogP contribution in [0.15, 0.2) is 48.8 Å². The molecule has 4 rings (SSSR count). The van der Waals surface area contributed by atoms with Gasteiger partial charge in [-0.1, -0.05) is 11.3 Å². The number of aromatic nitrogens is 4. The molecule has 112 valence electrons. The van der Waals surface area contributed by atoms with Crippen LogP contribution in [0.2, 0.25) is 0 Å². The van der Waals surface area contributed by atoms with Gasteiger partial charge in [0.25, 0.3) is 5.69 Å². The quantitative estimate of drug-likeness (QED) is 0.458. The van der Waals surface area contributed by atoms with Crippen molar-refractivity contribution < 1.29 is 4.92 Å². The minimum absolute atomic E-state index is 0.0585. The number of H-pyrrole nitrogens is 1. The van der Waals surface area contributed by atoms with Crippen molar-refractivity contribution in [2.24, 2.45) is 0 Å². The molecule has 0 atom stereocenters. The maximum atomic E-state index is 10.7. The Morgan fingerprint density at radius 3 is 2.43 bits per heavy atom. The third-order valence-electron chi connectivity index (χ3n) is 3.42. The fourth-order valence-electron chi connectivity index (χ4n) is 2.25. The van der Waals surface area contributed by atoms with Gasteiger partial charge in [0.1, 0.15) is 10.0 Å². The second-order valence-corrected chi connectivity index (χ2v) is 5.83. The zero-order valence-corrected chi connectivity index (χ0v) is 12.4. The molecule has 8 heteroatoms. The molecule has 2 aromatic carbocycles. The molecule has 2 heterocycles. The molecule has 0 bridgehead atoms. The van der Waals surface area contributed by atoms with E-state index in [0.29, 0.717) is 0 Å². The highest BCUT2D eigenvalue weighted by molar-refractivity contribution is 7.17. The number of imidazole rings is 1. The van der Waals surface area contributed by atoms with Crippen LogP contribution in [0.3, 0.4) is 0 Å². The number of fused-ring (bicyclic) bond motifs is 1. The van der Waals surface area contributed by atoms with Crippen LogP contribution in [0.25, 0.3) is 32.2 Å².